The summed E-state index contributed by atoms with van der Waals surface area (Å²) in [7, 11) is 2.98. The molecule has 0 aromatic heterocycles. The number of oxime groups is 1. The lowest BCUT2D eigenvalue weighted by Crippen LogP contribution is -2.28. The van der Waals surface area contributed by atoms with Crippen LogP contribution in [0.1, 0.15) is 17.5 Å². The molecule has 3 rings (SSSR count). The van der Waals surface area contributed by atoms with Gasteiger partial charge in [-0.15, -0.1) is 0 Å². The molecule has 1 aliphatic rings. The maximum Gasteiger partial charge on any atom is 0.416 e. The van der Waals surface area contributed by atoms with E-state index in [1.165, 1.54) is 26.4 Å². The summed E-state index contributed by atoms with van der Waals surface area (Å²) in [5.41, 5.74) is 0.252. The molecule has 9 heteroatoms. The van der Waals surface area contributed by atoms with Crippen LogP contribution in [0.4, 0.5) is 18.9 Å². The zero-order valence-electron chi connectivity index (χ0n) is 15.0. The van der Waals surface area contributed by atoms with Crippen molar-refractivity contribution in [2.75, 3.05) is 19.5 Å². The SMILES string of the molecule is COc1cccc(C2=NO[C@@H](C(=O)Nc3cccc(C(F)(F)F)c3)C2)c1OC. The number of amides is 1. The molecular formula is C19H17F3N2O4. The molecular weight excluding hydrogens is 377 g/mol. The number of hydrogen-bond acceptors (Lipinski definition) is 5. The number of ether oxygens (including phenoxy) is 2. The lowest BCUT2D eigenvalue weighted by atomic mass is 10.0. The molecule has 0 unspecified atom stereocenters. The quantitative estimate of drug-likeness (QED) is 0.836. The monoisotopic (exact) mass is 394 g/mol. The van der Waals surface area contributed by atoms with E-state index in [0.717, 1.165) is 12.1 Å². The van der Waals surface area contributed by atoms with Gasteiger partial charge in [-0.2, -0.15) is 13.2 Å². The van der Waals surface area contributed by atoms with Crippen molar-refractivity contribution in [1.82, 2.24) is 0 Å². The molecule has 1 N–H and O–H groups in total. The van der Waals surface area contributed by atoms with Crippen LogP contribution in [0.25, 0.3) is 0 Å². The summed E-state index contributed by atoms with van der Waals surface area (Å²) in [6, 6.07) is 9.59. The van der Waals surface area contributed by atoms with E-state index in [9.17, 15) is 18.0 Å². The highest BCUT2D eigenvalue weighted by molar-refractivity contribution is 6.08. The number of alkyl halides is 3. The number of hydrogen-bond donors (Lipinski definition) is 1. The molecule has 1 aliphatic heterocycles. The van der Waals surface area contributed by atoms with E-state index in [2.05, 4.69) is 10.5 Å². The van der Waals surface area contributed by atoms with Gasteiger partial charge in [-0.3, -0.25) is 4.79 Å². The predicted octanol–water partition coefficient (Wildman–Crippen LogP) is 3.85. The molecule has 1 heterocycles. The summed E-state index contributed by atoms with van der Waals surface area (Å²) >= 11 is 0. The maximum atomic E-state index is 12.8. The van der Waals surface area contributed by atoms with Gasteiger partial charge in [-0.1, -0.05) is 17.3 Å². The molecule has 6 nitrogen and oxygen atoms in total. The van der Waals surface area contributed by atoms with E-state index >= 15 is 0 Å². The van der Waals surface area contributed by atoms with Crippen LogP contribution in [0.3, 0.4) is 0 Å². The van der Waals surface area contributed by atoms with Gasteiger partial charge < -0.3 is 19.6 Å². The number of methoxy groups -OCH3 is 2. The first-order chi connectivity index (χ1) is 13.3. The van der Waals surface area contributed by atoms with Crippen molar-refractivity contribution in [2.45, 2.75) is 18.7 Å². The lowest BCUT2D eigenvalue weighted by Gasteiger charge is -2.13. The molecule has 0 spiro atoms. The van der Waals surface area contributed by atoms with E-state index in [-0.39, 0.29) is 12.1 Å². The fourth-order valence-corrected chi connectivity index (χ4v) is 2.79. The smallest absolute Gasteiger partial charge is 0.416 e. The van der Waals surface area contributed by atoms with Crippen molar-refractivity contribution in [1.29, 1.82) is 0 Å². The van der Waals surface area contributed by atoms with Gasteiger partial charge in [0, 0.05) is 17.7 Å². The zero-order chi connectivity index (χ0) is 20.3. The molecule has 0 fully saturated rings. The average molecular weight is 394 g/mol. The van der Waals surface area contributed by atoms with Gasteiger partial charge in [0.05, 0.1) is 25.5 Å². The fraction of sp³-hybridized carbons (Fsp3) is 0.263. The third-order valence-electron chi connectivity index (χ3n) is 4.13. The maximum absolute atomic E-state index is 12.8. The van der Waals surface area contributed by atoms with Crippen LogP contribution >= 0.6 is 0 Å². The molecule has 148 valence electrons. The van der Waals surface area contributed by atoms with Crippen LogP contribution in [-0.4, -0.2) is 31.9 Å². The molecule has 2 aromatic rings. The van der Waals surface area contributed by atoms with Crippen LogP contribution in [0.5, 0.6) is 11.5 Å². The first-order valence-corrected chi connectivity index (χ1v) is 8.25. The number of nitrogens with zero attached hydrogens (tertiary/aromatic N) is 1. The molecule has 0 aliphatic carbocycles. The summed E-state index contributed by atoms with van der Waals surface area (Å²) in [5.74, 6) is 0.353. The van der Waals surface area contributed by atoms with Crippen LogP contribution < -0.4 is 14.8 Å². The third kappa shape index (κ3) is 4.03. The molecule has 28 heavy (non-hydrogen) atoms. The molecule has 0 saturated carbocycles. The zero-order valence-corrected chi connectivity index (χ0v) is 15.0. The van der Waals surface area contributed by atoms with Gasteiger partial charge in [-0.25, -0.2) is 0 Å². The minimum Gasteiger partial charge on any atom is -0.493 e. The van der Waals surface area contributed by atoms with Crippen molar-refractivity contribution in [3.05, 3.63) is 53.6 Å². The van der Waals surface area contributed by atoms with Gasteiger partial charge in [0.15, 0.2) is 11.5 Å². The lowest BCUT2D eigenvalue weighted by molar-refractivity contribution is -0.137. The Kier molecular flexibility index (Phi) is 5.43. The molecule has 0 bridgehead atoms. The second-order valence-corrected chi connectivity index (χ2v) is 5.95. The Bertz CT molecular complexity index is 912. The predicted molar refractivity (Wildman–Crippen MR) is 95.6 cm³/mol. The number of para-hydroxylation sites is 1. The minimum atomic E-state index is -4.50. The fourth-order valence-electron chi connectivity index (χ4n) is 2.79. The molecule has 1 atom stereocenters. The number of halogens is 3. The number of carbonyl (C=O) groups is 1. The van der Waals surface area contributed by atoms with Crippen LogP contribution in [0, 0.1) is 0 Å². The van der Waals surface area contributed by atoms with Crippen LogP contribution in [0.15, 0.2) is 47.6 Å². The Hall–Kier alpha value is -3.23. The highest BCUT2D eigenvalue weighted by atomic mass is 19.4. The van der Waals surface area contributed by atoms with Gasteiger partial charge in [-0.05, 0) is 30.3 Å². The van der Waals surface area contributed by atoms with Gasteiger partial charge >= 0.3 is 6.18 Å². The van der Waals surface area contributed by atoms with Crippen molar-refractivity contribution >= 4 is 17.3 Å². The van der Waals surface area contributed by atoms with Crippen molar-refractivity contribution < 1.29 is 32.3 Å². The van der Waals surface area contributed by atoms with Crippen molar-refractivity contribution in [3.8, 4) is 11.5 Å². The molecule has 0 radical (unpaired) electrons. The summed E-state index contributed by atoms with van der Waals surface area (Å²) in [4.78, 5) is 17.6. The summed E-state index contributed by atoms with van der Waals surface area (Å²) < 4.78 is 49.0. The second kappa shape index (κ2) is 7.79. The highest BCUT2D eigenvalue weighted by Crippen LogP contribution is 2.34. The van der Waals surface area contributed by atoms with Gasteiger partial charge in [0.25, 0.3) is 5.91 Å². The standard InChI is InChI=1S/C19H17F3N2O4/c1-26-15-8-4-7-13(17(15)27-2)14-10-16(28-24-14)18(25)23-12-6-3-5-11(9-12)19(20,21)22/h3-9,16H,10H2,1-2H3,(H,23,25)/t16-/m1/s1. The summed E-state index contributed by atoms with van der Waals surface area (Å²) in [6.45, 7) is 0. The number of carbonyl (C=O) groups excluding carboxylic acids is 1. The van der Waals surface area contributed by atoms with Crippen LogP contribution in [-0.2, 0) is 15.8 Å². The van der Waals surface area contributed by atoms with E-state index < -0.39 is 23.8 Å². The van der Waals surface area contributed by atoms with Gasteiger partial charge in [0.2, 0.25) is 6.10 Å². The van der Waals surface area contributed by atoms with Gasteiger partial charge in [0.1, 0.15) is 0 Å². The molecule has 0 saturated heterocycles. The Morgan fingerprint density at radius 2 is 1.93 bits per heavy atom. The molecule has 1 amide bonds. The Morgan fingerprint density at radius 3 is 2.61 bits per heavy atom. The van der Waals surface area contributed by atoms with Crippen molar-refractivity contribution in [2.24, 2.45) is 5.16 Å². The Balaban J connectivity index is 1.71. The normalized spacial score (nSPS) is 16.2. The highest BCUT2D eigenvalue weighted by Gasteiger charge is 2.33. The number of nitrogens with one attached hydrogen (secondary N) is 1. The van der Waals surface area contributed by atoms with E-state index in [4.69, 9.17) is 14.3 Å². The Morgan fingerprint density at radius 1 is 1.18 bits per heavy atom. The summed E-state index contributed by atoms with van der Waals surface area (Å²) in [6.07, 6.45) is -5.33. The third-order valence-corrected chi connectivity index (χ3v) is 4.13. The topological polar surface area (TPSA) is 69.2 Å². The van der Waals surface area contributed by atoms with E-state index in [1.54, 1.807) is 18.2 Å². The average Bonchev–Trinajstić information content (AvgIpc) is 3.17. The number of benzene rings is 2. The number of anilines is 1. The first kappa shape index (κ1) is 19.5. The number of rotatable bonds is 5. The second-order valence-electron chi connectivity index (χ2n) is 5.95. The van der Waals surface area contributed by atoms with E-state index in [0.29, 0.717) is 22.8 Å². The van der Waals surface area contributed by atoms with Crippen molar-refractivity contribution in [3.63, 3.8) is 0 Å². The minimum absolute atomic E-state index is 0.0239. The largest absolute Gasteiger partial charge is 0.493 e. The summed E-state index contributed by atoms with van der Waals surface area (Å²) in [5, 5.41) is 6.36. The first-order valence-electron chi connectivity index (χ1n) is 8.25. The molecule has 2 aromatic carbocycles. The Labute approximate surface area is 158 Å². The van der Waals surface area contributed by atoms with E-state index in [1.807, 2.05) is 0 Å². The van der Waals surface area contributed by atoms with Crippen LogP contribution in [0.2, 0.25) is 0 Å².